The third kappa shape index (κ3) is 4.63. The molecule has 2 fully saturated rings. The highest BCUT2D eigenvalue weighted by atomic mass is 35.5. The number of hydrogen-bond donors (Lipinski definition) is 1. The fourth-order valence-corrected chi connectivity index (χ4v) is 3.20. The van der Waals surface area contributed by atoms with Gasteiger partial charge in [-0.25, -0.2) is 8.78 Å². The van der Waals surface area contributed by atoms with Crippen molar-refractivity contribution >= 4 is 12.4 Å². The van der Waals surface area contributed by atoms with Gasteiger partial charge in [-0.05, 0) is 51.7 Å². The molecule has 2 aliphatic rings. The quantitative estimate of drug-likeness (QED) is 0.856. The summed E-state index contributed by atoms with van der Waals surface area (Å²) in [5.74, 6) is -2.18. The summed E-state index contributed by atoms with van der Waals surface area (Å²) in [5, 5.41) is 3.29. The molecule has 2 nitrogen and oxygen atoms in total. The molecule has 0 aromatic heterocycles. The third-order valence-electron chi connectivity index (χ3n) is 4.25. The molecule has 1 heterocycles. The Balaban J connectivity index is 0.00000162. The molecular formula is C13H25ClF2N2. The van der Waals surface area contributed by atoms with Crippen LogP contribution in [0.5, 0.6) is 0 Å². The predicted molar refractivity (Wildman–Crippen MR) is 72.7 cm³/mol. The Kier molecular flexibility index (Phi) is 6.28. The van der Waals surface area contributed by atoms with Crippen LogP contribution in [0.3, 0.4) is 0 Å². The zero-order valence-electron chi connectivity index (χ0n) is 11.1. The van der Waals surface area contributed by atoms with Crippen molar-refractivity contribution in [3.63, 3.8) is 0 Å². The topological polar surface area (TPSA) is 15.3 Å². The van der Waals surface area contributed by atoms with Crippen LogP contribution in [-0.2, 0) is 0 Å². The van der Waals surface area contributed by atoms with E-state index in [4.69, 9.17) is 0 Å². The van der Waals surface area contributed by atoms with Gasteiger partial charge in [0.15, 0.2) is 0 Å². The molecule has 0 aromatic rings. The van der Waals surface area contributed by atoms with Gasteiger partial charge in [0.1, 0.15) is 0 Å². The molecule has 0 bridgehead atoms. The van der Waals surface area contributed by atoms with Crippen molar-refractivity contribution in [3.8, 4) is 0 Å². The summed E-state index contributed by atoms with van der Waals surface area (Å²) >= 11 is 0. The SMILES string of the molecule is CNC1CCN(CC2CCCC(F)(F)C2)CC1.Cl. The summed E-state index contributed by atoms with van der Waals surface area (Å²) in [6, 6.07) is 0.624. The van der Waals surface area contributed by atoms with Crippen LogP contribution in [0.2, 0.25) is 0 Å². The number of likely N-dealkylation sites (tertiary alicyclic amines) is 1. The van der Waals surface area contributed by atoms with Gasteiger partial charge in [-0.1, -0.05) is 0 Å². The lowest BCUT2D eigenvalue weighted by Crippen LogP contribution is -2.44. The van der Waals surface area contributed by atoms with Crippen molar-refractivity contribution in [2.24, 2.45) is 5.92 Å². The van der Waals surface area contributed by atoms with Gasteiger partial charge in [0.05, 0.1) is 0 Å². The van der Waals surface area contributed by atoms with Crippen LogP contribution in [0.4, 0.5) is 8.78 Å². The molecule has 1 saturated heterocycles. The van der Waals surface area contributed by atoms with Crippen molar-refractivity contribution in [2.45, 2.75) is 50.5 Å². The molecule has 1 aliphatic heterocycles. The maximum atomic E-state index is 13.3. The Bertz CT molecular complexity index is 243. The van der Waals surface area contributed by atoms with Crippen molar-refractivity contribution in [2.75, 3.05) is 26.7 Å². The molecule has 1 saturated carbocycles. The van der Waals surface area contributed by atoms with Gasteiger partial charge in [-0.3, -0.25) is 0 Å². The molecule has 1 atom stereocenters. The summed E-state index contributed by atoms with van der Waals surface area (Å²) in [7, 11) is 2.00. The highest BCUT2D eigenvalue weighted by Gasteiger charge is 2.36. The Morgan fingerprint density at radius 2 is 1.89 bits per heavy atom. The van der Waals surface area contributed by atoms with E-state index in [1.807, 2.05) is 7.05 Å². The van der Waals surface area contributed by atoms with Gasteiger partial charge < -0.3 is 10.2 Å². The molecule has 1 unspecified atom stereocenters. The molecule has 5 heteroatoms. The fourth-order valence-electron chi connectivity index (χ4n) is 3.20. The monoisotopic (exact) mass is 282 g/mol. The Labute approximate surface area is 115 Å². The Hall–Kier alpha value is 0.0700. The molecule has 1 N–H and O–H groups in total. The lowest BCUT2D eigenvalue weighted by atomic mass is 9.86. The third-order valence-corrected chi connectivity index (χ3v) is 4.25. The number of nitrogens with zero attached hydrogens (tertiary/aromatic N) is 1. The summed E-state index contributed by atoms with van der Waals surface area (Å²) in [4.78, 5) is 2.37. The van der Waals surface area contributed by atoms with E-state index in [-0.39, 0.29) is 31.2 Å². The lowest BCUT2D eigenvalue weighted by Gasteiger charge is -2.36. The first-order valence-electron chi connectivity index (χ1n) is 6.86. The average Bonchev–Trinajstić information content (AvgIpc) is 2.29. The van der Waals surface area contributed by atoms with Gasteiger partial charge in [-0.2, -0.15) is 0 Å². The van der Waals surface area contributed by atoms with Crippen molar-refractivity contribution < 1.29 is 8.78 Å². The summed E-state index contributed by atoms with van der Waals surface area (Å²) in [5.41, 5.74) is 0. The molecule has 0 amide bonds. The molecule has 0 spiro atoms. The van der Waals surface area contributed by atoms with E-state index in [2.05, 4.69) is 10.2 Å². The van der Waals surface area contributed by atoms with Crippen LogP contribution in [0, 0.1) is 5.92 Å². The van der Waals surface area contributed by atoms with Gasteiger partial charge in [0.2, 0.25) is 5.92 Å². The second-order valence-corrected chi connectivity index (χ2v) is 5.68. The number of hydrogen-bond acceptors (Lipinski definition) is 2. The number of piperidine rings is 1. The van der Waals surface area contributed by atoms with Crippen LogP contribution in [0.25, 0.3) is 0 Å². The predicted octanol–water partition coefficient (Wildman–Crippen LogP) is 2.92. The zero-order valence-corrected chi connectivity index (χ0v) is 11.9. The van der Waals surface area contributed by atoms with E-state index in [1.165, 1.54) is 0 Å². The van der Waals surface area contributed by atoms with Gasteiger partial charge in [0, 0.05) is 25.4 Å². The maximum absolute atomic E-state index is 13.3. The van der Waals surface area contributed by atoms with Crippen molar-refractivity contribution in [1.29, 1.82) is 0 Å². The molecule has 2 rings (SSSR count). The van der Waals surface area contributed by atoms with E-state index in [9.17, 15) is 8.78 Å². The smallest absolute Gasteiger partial charge is 0.248 e. The summed E-state index contributed by atoms with van der Waals surface area (Å²) in [6.45, 7) is 3.01. The first-order valence-corrected chi connectivity index (χ1v) is 6.86. The van der Waals surface area contributed by atoms with Gasteiger partial charge >= 0.3 is 0 Å². The minimum Gasteiger partial charge on any atom is -0.317 e. The van der Waals surface area contributed by atoms with Crippen LogP contribution >= 0.6 is 12.4 Å². The van der Waals surface area contributed by atoms with E-state index in [0.717, 1.165) is 38.9 Å². The largest absolute Gasteiger partial charge is 0.317 e. The normalized spacial score (nSPS) is 29.8. The van der Waals surface area contributed by atoms with E-state index in [1.54, 1.807) is 0 Å². The van der Waals surface area contributed by atoms with Crippen LogP contribution in [0.1, 0.15) is 38.5 Å². The lowest BCUT2D eigenvalue weighted by molar-refractivity contribution is -0.0577. The standard InChI is InChI=1S/C13H24F2N2.ClH/c1-16-12-4-7-17(8-5-12)10-11-3-2-6-13(14,15)9-11;/h11-12,16H,2-10H2,1H3;1H. The Morgan fingerprint density at radius 1 is 1.22 bits per heavy atom. The molecule has 18 heavy (non-hydrogen) atoms. The summed E-state index contributed by atoms with van der Waals surface area (Å²) in [6.07, 6.45) is 4.20. The van der Waals surface area contributed by atoms with Crippen LogP contribution < -0.4 is 5.32 Å². The van der Waals surface area contributed by atoms with Crippen LogP contribution in [0.15, 0.2) is 0 Å². The summed E-state index contributed by atoms with van der Waals surface area (Å²) < 4.78 is 26.6. The van der Waals surface area contributed by atoms with Crippen molar-refractivity contribution in [3.05, 3.63) is 0 Å². The van der Waals surface area contributed by atoms with Crippen LogP contribution in [-0.4, -0.2) is 43.5 Å². The average molecular weight is 283 g/mol. The number of nitrogens with one attached hydrogen (secondary N) is 1. The second-order valence-electron chi connectivity index (χ2n) is 5.68. The molecule has 0 radical (unpaired) electrons. The van der Waals surface area contributed by atoms with Gasteiger partial charge in [-0.15, -0.1) is 12.4 Å². The minimum absolute atomic E-state index is 0. The maximum Gasteiger partial charge on any atom is 0.248 e. The number of rotatable bonds is 3. The first kappa shape index (κ1) is 16.1. The van der Waals surface area contributed by atoms with Gasteiger partial charge in [0.25, 0.3) is 0 Å². The molecule has 108 valence electrons. The van der Waals surface area contributed by atoms with E-state index >= 15 is 0 Å². The van der Waals surface area contributed by atoms with E-state index < -0.39 is 5.92 Å². The number of halogens is 3. The fraction of sp³-hybridized carbons (Fsp3) is 1.00. The first-order chi connectivity index (χ1) is 8.09. The second kappa shape index (κ2) is 7.01. The number of alkyl halides is 2. The highest BCUT2D eigenvalue weighted by molar-refractivity contribution is 5.85. The van der Waals surface area contributed by atoms with Crippen molar-refractivity contribution in [1.82, 2.24) is 10.2 Å². The van der Waals surface area contributed by atoms with E-state index in [0.29, 0.717) is 12.5 Å². The minimum atomic E-state index is -2.40. The molecular weight excluding hydrogens is 258 g/mol. The highest BCUT2D eigenvalue weighted by Crippen LogP contribution is 2.37. The Morgan fingerprint density at radius 3 is 2.44 bits per heavy atom. The zero-order chi connectivity index (χ0) is 12.3. The molecule has 0 aromatic carbocycles. The molecule has 1 aliphatic carbocycles.